The van der Waals surface area contributed by atoms with Crippen molar-refractivity contribution >= 4 is 33.4 Å². The molecule has 0 aliphatic carbocycles. The maximum atomic E-state index is 11.9. The molecular weight excluding hydrogens is 342 g/mol. The van der Waals surface area contributed by atoms with Crippen LogP contribution in [0.1, 0.15) is 16.8 Å². The Hall–Kier alpha value is -1.64. The van der Waals surface area contributed by atoms with Crippen LogP contribution in [0.25, 0.3) is 0 Å². The zero-order valence-electron chi connectivity index (χ0n) is 13.0. The van der Waals surface area contributed by atoms with E-state index < -0.39 is 15.9 Å². The van der Waals surface area contributed by atoms with Gasteiger partial charge >= 0.3 is 0 Å². The van der Waals surface area contributed by atoms with Gasteiger partial charge in [0.2, 0.25) is 15.9 Å². The topological polar surface area (TPSA) is 95.6 Å². The highest BCUT2D eigenvalue weighted by Crippen LogP contribution is 2.14. The summed E-state index contributed by atoms with van der Waals surface area (Å²) in [6, 6.07) is 6.55. The minimum atomic E-state index is -3.21. The van der Waals surface area contributed by atoms with Crippen molar-refractivity contribution in [1.82, 2.24) is 14.9 Å². The minimum Gasteiger partial charge on any atom is -0.355 e. The number of rotatable bonds is 8. The number of carbonyl (C=O) groups excluding carboxylic acids is 2. The summed E-state index contributed by atoms with van der Waals surface area (Å²) < 4.78 is 23.6. The Kier molecular flexibility index (Phi) is 7.47. The Morgan fingerprint density at radius 3 is 2.48 bits per heavy atom. The van der Waals surface area contributed by atoms with E-state index in [0.717, 1.165) is 6.26 Å². The molecule has 0 saturated heterocycles. The Morgan fingerprint density at radius 1 is 1.22 bits per heavy atom. The number of nitrogens with zero attached hydrogens (tertiary/aromatic N) is 1. The van der Waals surface area contributed by atoms with Gasteiger partial charge in [0.05, 0.1) is 23.4 Å². The van der Waals surface area contributed by atoms with Crippen molar-refractivity contribution in [2.45, 2.75) is 6.42 Å². The van der Waals surface area contributed by atoms with E-state index in [1.165, 1.54) is 11.4 Å². The molecular formula is C14H20ClN3O4S. The second kappa shape index (κ2) is 8.85. The summed E-state index contributed by atoms with van der Waals surface area (Å²) >= 11 is 5.89. The largest absolute Gasteiger partial charge is 0.355 e. The average molecular weight is 362 g/mol. The molecule has 0 unspecified atom stereocenters. The van der Waals surface area contributed by atoms with Crippen molar-refractivity contribution < 1.29 is 18.0 Å². The number of amides is 2. The van der Waals surface area contributed by atoms with Gasteiger partial charge in [-0.25, -0.2) is 12.7 Å². The average Bonchev–Trinajstić information content (AvgIpc) is 2.48. The first-order valence-corrected chi connectivity index (χ1v) is 9.15. The molecule has 1 rings (SSSR count). The fourth-order valence-electron chi connectivity index (χ4n) is 1.66. The maximum Gasteiger partial charge on any atom is 0.253 e. The van der Waals surface area contributed by atoms with Gasteiger partial charge in [0.1, 0.15) is 0 Å². The zero-order valence-corrected chi connectivity index (χ0v) is 14.6. The lowest BCUT2D eigenvalue weighted by Crippen LogP contribution is -2.38. The SMILES string of the molecule is CN(CCCNC(=O)CNC(=O)c1ccccc1Cl)S(C)(=O)=O. The van der Waals surface area contributed by atoms with Crippen molar-refractivity contribution in [1.29, 1.82) is 0 Å². The van der Waals surface area contributed by atoms with Crippen LogP contribution in [0.2, 0.25) is 5.02 Å². The Balaban J connectivity index is 2.27. The predicted octanol–water partition coefficient (Wildman–Crippen LogP) is 0.468. The highest BCUT2D eigenvalue weighted by molar-refractivity contribution is 7.88. The number of hydrogen-bond acceptors (Lipinski definition) is 4. The molecule has 0 aromatic heterocycles. The van der Waals surface area contributed by atoms with Crippen LogP contribution in [-0.2, 0) is 14.8 Å². The Morgan fingerprint density at radius 2 is 1.87 bits per heavy atom. The van der Waals surface area contributed by atoms with Crippen molar-refractivity contribution in [2.75, 3.05) is 32.9 Å². The highest BCUT2D eigenvalue weighted by atomic mass is 35.5. The summed E-state index contributed by atoms with van der Waals surface area (Å²) in [5, 5.41) is 5.39. The summed E-state index contributed by atoms with van der Waals surface area (Å²) in [7, 11) is -1.74. The van der Waals surface area contributed by atoms with Gasteiger partial charge in [0, 0.05) is 20.1 Å². The van der Waals surface area contributed by atoms with Crippen molar-refractivity contribution in [3.05, 3.63) is 34.9 Å². The molecule has 1 aromatic rings. The van der Waals surface area contributed by atoms with Gasteiger partial charge in [-0.2, -0.15) is 0 Å². The van der Waals surface area contributed by atoms with Gasteiger partial charge in [-0.05, 0) is 18.6 Å². The van der Waals surface area contributed by atoms with E-state index in [-0.39, 0.29) is 12.5 Å². The Labute approximate surface area is 141 Å². The first-order chi connectivity index (χ1) is 10.7. The van der Waals surface area contributed by atoms with Crippen molar-refractivity contribution in [2.24, 2.45) is 0 Å². The lowest BCUT2D eigenvalue weighted by molar-refractivity contribution is -0.120. The molecule has 0 bridgehead atoms. The lowest BCUT2D eigenvalue weighted by atomic mass is 10.2. The molecule has 0 radical (unpaired) electrons. The summed E-state index contributed by atoms with van der Waals surface area (Å²) in [4.78, 5) is 23.5. The van der Waals surface area contributed by atoms with E-state index >= 15 is 0 Å². The van der Waals surface area contributed by atoms with Crippen LogP contribution >= 0.6 is 11.6 Å². The number of benzene rings is 1. The van der Waals surface area contributed by atoms with Crippen LogP contribution in [0.4, 0.5) is 0 Å². The van der Waals surface area contributed by atoms with Gasteiger partial charge in [0.25, 0.3) is 5.91 Å². The number of hydrogen-bond donors (Lipinski definition) is 2. The van der Waals surface area contributed by atoms with E-state index in [2.05, 4.69) is 10.6 Å². The maximum absolute atomic E-state index is 11.9. The molecule has 0 saturated carbocycles. The number of nitrogens with one attached hydrogen (secondary N) is 2. The quantitative estimate of drug-likeness (QED) is 0.658. The van der Waals surface area contributed by atoms with Crippen molar-refractivity contribution in [3.63, 3.8) is 0 Å². The number of sulfonamides is 1. The molecule has 0 aliphatic rings. The third-order valence-corrected chi connectivity index (χ3v) is 4.71. The molecule has 2 N–H and O–H groups in total. The van der Waals surface area contributed by atoms with Crippen LogP contribution in [0.15, 0.2) is 24.3 Å². The molecule has 9 heteroatoms. The summed E-state index contributed by atoms with van der Waals surface area (Å²) in [5.74, 6) is -0.782. The van der Waals surface area contributed by atoms with Gasteiger partial charge in [-0.1, -0.05) is 23.7 Å². The third-order valence-electron chi connectivity index (χ3n) is 3.07. The third kappa shape index (κ3) is 6.98. The summed E-state index contributed by atoms with van der Waals surface area (Å²) in [6.45, 7) is 0.456. The fourth-order valence-corrected chi connectivity index (χ4v) is 2.34. The predicted molar refractivity (Wildman–Crippen MR) is 88.9 cm³/mol. The molecule has 128 valence electrons. The lowest BCUT2D eigenvalue weighted by Gasteiger charge is -2.14. The van der Waals surface area contributed by atoms with E-state index in [1.807, 2.05) is 0 Å². The van der Waals surface area contributed by atoms with Crippen LogP contribution in [0.5, 0.6) is 0 Å². The first kappa shape index (κ1) is 19.4. The highest BCUT2D eigenvalue weighted by Gasteiger charge is 2.12. The van der Waals surface area contributed by atoms with Crippen LogP contribution < -0.4 is 10.6 Å². The zero-order chi connectivity index (χ0) is 17.5. The van der Waals surface area contributed by atoms with E-state index in [0.29, 0.717) is 30.1 Å². The van der Waals surface area contributed by atoms with Gasteiger partial charge in [-0.15, -0.1) is 0 Å². The molecule has 23 heavy (non-hydrogen) atoms. The van der Waals surface area contributed by atoms with Gasteiger partial charge in [0.15, 0.2) is 0 Å². The summed E-state index contributed by atoms with van der Waals surface area (Å²) in [6.07, 6.45) is 1.60. The van der Waals surface area contributed by atoms with E-state index in [4.69, 9.17) is 11.6 Å². The molecule has 1 aromatic carbocycles. The van der Waals surface area contributed by atoms with E-state index in [1.54, 1.807) is 24.3 Å². The molecule has 0 aliphatic heterocycles. The Bertz CT molecular complexity index is 664. The second-order valence-corrected chi connectivity index (χ2v) is 7.45. The second-order valence-electron chi connectivity index (χ2n) is 4.95. The molecule has 0 atom stereocenters. The molecule has 7 nitrogen and oxygen atoms in total. The molecule has 0 spiro atoms. The molecule has 0 fully saturated rings. The van der Waals surface area contributed by atoms with Crippen LogP contribution in [0, 0.1) is 0 Å². The number of carbonyl (C=O) groups is 2. The van der Waals surface area contributed by atoms with Gasteiger partial charge < -0.3 is 10.6 Å². The standard InChI is InChI=1S/C14H20ClN3O4S/c1-18(23(2,21)22)9-5-8-16-13(19)10-17-14(20)11-6-3-4-7-12(11)15/h3-4,6-7H,5,8-10H2,1-2H3,(H,16,19)(H,17,20). The van der Waals surface area contributed by atoms with Crippen LogP contribution in [-0.4, -0.2) is 57.5 Å². The minimum absolute atomic E-state index is 0.175. The van der Waals surface area contributed by atoms with Gasteiger partial charge in [-0.3, -0.25) is 9.59 Å². The summed E-state index contributed by atoms with van der Waals surface area (Å²) in [5.41, 5.74) is 0.303. The molecule has 2 amide bonds. The molecule has 0 heterocycles. The van der Waals surface area contributed by atoms with Crippen molar-refractivity contribution in [3.8, 4) is 0 Å². The monoisotopic (exact) mass is 361 g/mol. The smallest absolute Gasteiger partial charge is 0.253 e. The van der Waals surface area contributed by atoms with E-state index in [9.17, 15) is 18.0 Å². The van der Waals surface area contributed by atoms with Crippen LogP contribution in [0.3, 0.4) is 0 Å². The first-order valence-electron chi connectivity index (χ1n) is 6.92. The normalized spacial score (nSPS) is 11.3. The fraction of sp³-hybridized carbons (Fsp3) is 0.429. The number of halogens is 1.